The lowest BCUT2D eigenvalue weighted by atomic mass is 10.1. The predicted molar refractivity (Wildman–Crippen MR) is 264 cm³/mol. The number of halogens is 1. The maximum atomic E-state index is 6.34. The molecule has 63 heavy (non-hydrogen) atoms. The second-order valence-corrected chi connectivity index (χ2v) is 14.9. The first-order valence-electron chi connectivity index (χ1n) is 20.6. The Morgan fingerprint density at radius 2 is 0.556 bits per heavy atom. The molecule has 0 aliphatic rings. The largest absolute Gasteiger partial charge is 0.324 e. The van der Waals surface area contributed by atoms with Crippen molar-refractivity contribution in [3.63, 3.8) is 0 Å². The van der Waals surface area contributed by atoms with Gasteiger partial charge in [0, 0.05) is 45.5 Å². The van der Waals surface area contributed by atoms with Crippen LogP contribution >= 0.6 is 11.6 Å². The zero-order chi connectivity index (χ0) is 42.6. The second kappa shape index (κ2) is 19.4. The van der Waals surface area contributed by atoms with Crippen LogP contribution in [-0.4, -0.2) is 15.0 Å². The Labute approximate surface area is 373 Å². The molecule has 9 rings (SSSR count). The first kappa shape index (κ1) is 40.2. The van der Waals surface area contributed by atoms with Gasteiger partial charge in [-0.3, -0.25) is 0 Å². The van der Waals surface area contributed by atoms with Crippen LogP contribution in [0.15, 0.2) is 218 Å². The summed E-state index contributed by atoms with van der Waals surface area (Å²) in [5, 5.41) is 6.59. The topological polar surface area (TPSA) is 69.2 Å². The lowest BCUT2D eigenvalue weighted by Gasteiger charge is -2.25. The predicted octanol–water partition coefficient (Wildman–Crippen LogP) is 15.3. The number of nitrogens with one attached hydrogen (secondary N) is 2. The molecule has 0 unspecified atom stereocenters. The number of hydrogen-bond donors (Lipinski definition) is 2. The monoisotopic (exact) mass is 835 g/mol. The Morgan fingerprint density at radius 3 is 0.841 bits per heavy atom. The Hall–Kier alpha value is -8.26. The molecule has 8 aromatic carbocycles. The van der Waals surface area contributed by atoms with Crippen LogP contribution in [0.4, 0.5) is 57.4 Å². The summed E-state index contributed by atoms with van der Waals surface area (Å²) in [6.45, 7) is 0. The maximum absolute atomic E-state index is 6.34. The highest BCUT2D eigenvalue weighted by molar-refractivity contribution is 6.28. The zero-order valence-electron chi connectivity index (χ0n) is 34.2. The fourth-order valence-corrected chi connectivity index (χ4v) is 7.29. The molecular formula is C55H42ClN7. The molecule has 0 fully saturated rings. The fourth-order valence-electron chi connectivity index (χ4n) is 7.13. The van der Waals surface area contributed by atoms with E-state index in [2.05, 4.69) is 205 Å². The number of nitrogens with zero attached hydrogens (tertiary/aromatic N) is 5. The number of rotatable bonds is 14. The van der Waals surface area contributed by atoms with Gasteiger partial charge in [0.05, 0.1) is 0 Å². The quantitative estimate of drug-likeness (QED) is 0.106. The summed E-state index contributed by atoms with van der Waals surface area (Å²) in [5.41, 5.74) is 12.6. The molecule has 0 saturated carbocycles. The minimum absolute atomic E-state index is 0.0810. The normalized spacial score (nSPS) is 11.1. The van der Waals surface area contributed by atoms with Crippen LogP contribution in [0.5, 0.6) is 0 Å². The SMILES string of the molecule is Clc1nc(Nc2ccc(/C=C/c3ccc(N(c4ccccc4)c4ccccc4)cc3)cc2)nc(Nc2ccc(/C=C/c3ccc(N(c4ccccc4)c4ccccc4)cc3)cc2)n1. The number of aromatic nitrogens is 3. The first-order chi connectivity index (χ1) is 31.1. The van der Waals surface area contributed by atoms with E-state index in [1.807, 2.05) is 72.8 Å². The average Bonchev–Trinajstić information content (AvgIpc) is 3.33. The first-order valence-corrected chi connectivity index (χ1v) is 21.0. The molecule has 0 saturated heterocycles. The van der Waals surface area contributed by atoms with Crippen molar-refractivity contribution in [2.75, 3.05) is 20.4 Å². The zero-order valence-corrected chi connectivity index (χ0v) is 35.0. The van der Waals surface area contributed by atoms with Crippen molar-refractivity contribution >= 4 is 93.3 Å². The Kier molecular flexibility index (Phi) is 12.4. The van der Waals surface area contributed by atoms with Crippen molar-refractivity contribution in [1.29, 1.82) is 0 Å². The van der Waals surface area contributed by atoms with Crippen LogP contribution in [0, 0.1) is 0 Å². The molecule has 0 radical (unpaired) electrons. The molecule has 9 aromatic rings. The van der Waals surface area contributed by atoms with E-state index >= 15 is 0 Å². The van der Waals surface area contributed by atoms with Crippen molar-refractivity contribution < 1.29 is 0 Å². The van der Waals surface area contributed by atoms with E-state index in [-0.39, 0.29) is 5.28 Å². The molecule has 1 aromatic heterocycles. The van der Waals surface area contributed by atoms with Crippen LogP contribution in [0.25, 0.3) is 24.3 Å². The average molecular weight is 836 g/mol. The third-order valence-electron chi connectivity index (χ3n) is 10.2. The molecule has 2 N–H and O–H groups in total. The van der Waals surface area contributed by atoms with Crippen LogP contribution in [0.1, 0.15) is 22.3 Å². The molecule has 1 heterocycles. The van der Waals surface area contributed by atoms with Gasteiger partial charge in [-0.1, -0.05) is 146 Å². The third kappa shape index (κ3) is 10.4. The van der Waals surface area contributed by atoms with Crippen molar-refractivity contribution in [2.24, 2.45) is 0 Å². The van der Waals surface area contributed by atoms with Gasteiger partial charge < -0.3 is 20.4 Å². The molecule has 8 heteroatoms. The molecule has 0 spiro atoms. The van der Waals surface area contributed by atoms with E-state index < -0.39 is 0 Å². The van der Waals surface area contributed by atoms with Crippen molar-refractivity contribution in [3.8, 4) is 0 Å². The van der Waals surface area contributed by atoms with Gasteiger partial charge in [-0.25, -0.2) is 0 Å². The summed E-state index contributed by atoms with van der Waals surface area (Å²) in [6, 6.07) is 74.8. The van der Waals surface area contributed by atoms with Gasteiger partial charge in [0.1, 0.15) is 0 Å². The van der Waals surface area contributed by atoms with Gasteiger partial charge in [0.25, 0.3) is 0 Å². The van der Waals surface area contributed by atoms with Crippen molar-refractivity contribution in [3.05, 3.63) is 246 Å². The van der Waals surface area contributed by atoms with E-state index in [1.165, 1.54) is 0 Å². The Bertz CT molecular complexity index is 2630. The van der Waals surface area contributed by atoms with Gasteiger partial charge >= 0.3 is 0 Å². The summed E-state index contributed by atoms with van der Waals surface area (Å²) in [6.07, 6.45) is 8.41. The summed E-state index contributed by atoms with van der Waals surface area (Å²) in [5.74, 6) is 0.671. The smallest absolute Gasteiger partial charge is 0.233 e. The lowest BCUT2D eigenvalue weighted by Crippen LogP contribution is -2.09. The molecule has 0 bridgehead atoms. The summed E-state index contributed by atoms with van der Waals surface area (Å²) < 4.78 is 0. The minimum atomic E-state index is 0.0810. The third-order valence-corrected chi connectivity index (χ3v) is 10.4. The van der Waals surface area contributed by atoms with Crippen molar-refractivity contribution in [1.82, 2.24) is 15.0 Å². The van der Waals surface area contributed by atoms with E-state index in [0.717, 1.165) is 67.8 Å². The van der Waals surface area contributed by atoms with Gasteiger partial charge in [0.15, 0.2) is 0 Å². The van der Waals surface area contributed by atoms with E-state index in [9.17, 15) is 0 Å². The van der Waals surface area contributed by atoms with Gasteiger partial charge in [0.2, 0.25) is 17.2 Å². The van der Waals surface area contributed by atoms with Gasteiger partial charge in [-0.2, -0.15) is 15.0 Å². The summed E-state index contributed by atoms with van der Waals surface area (Å²) in [4.78, 5) is 17.7. The molecule has 7 nitrogen and oxygen atoms in total. The summed E-state index contributed by atoms with van der Waals surface area (Å²) >= 11 is 6.34. The molecule has 304 valence electrons. The van der Waals surface area contributed by atoms with Crippen LogP contribution in [0.3, 0.4) is 0 Å². The van der Waals surface area contributed by atoms with Crippen LogP contribution in [0.2, 0.25) is 5.28 Å². The Morgan fingerprint density at radius 1 is 0.302 bits per heavy atom. The van der Waals surface area contributed by atoms with Crippen molar-refractivity contribution in [2.45, 2.75) is 0 Å². The van der Waals surface area contributed by atoms with E-state index in [1.54, 1.807) is 0 Å². The standard InChI is InChI=1S/C55H42ClN7/c56-53-59-54(57-45-33-25-41(26-34-45)21-23-43-29-37-51(38-30-43)62(47-13-5-1-6-14-47)48-15-7-2-8-16-48)61-55(60-53)58-46-35-27-42(28-36-46)22-24-44-31-39-52(40-32-44)63(49-17-9-3-10-18-49)50-19-11-4-12-20-50/h1-40H,(H2,57,58,59,60,61)/b23-21+,24-22+. The van der Waals surface area contributed by atoms with E-state index in [4.69, 9.17) is 11.6 Å². The minimum Gasteiger partial charge on any atom is -0.324 e. The molecular weight excluding hydrogens is 794 g/mol. The number of hydrogen-bond acceptors (Lipinski definition) is 7. The summed E-state index contributed by atoms with van der Waals surface area (Å²) in [7, 11) is 0. The number of benzene rings is 8. The fraction of sp³-hybridized carbons (Fsp3) is 0. The Balaban J connectivity index is 0.804. The highest BCUT2D eigenvalue weighted by atomic mass is 35.5. The van der Waals surface area contributed by atoms with E-state index in [0.29, 0.717) is 11.9 Å². The lowest BCUT2D eigenvalue weighted by molar-refractivity contribution is 1.06. The highest BCUT2D eigenvalue weighted by Crippen LogP contribution is 2.36. The maximum Gasteiger partial charge on any atom is 0.233 e. The molecule has 0 aliphatic heterocycles. The molecule has 0 aliphatic carbocycles. The van der Waals surface area contributed by atoms with Gasteiger partial charge in [-0.15, -0.1) is 0 Å². The van der Waals surface area contributed by atoms with Crippen LogP contribution < -0.4 is 20.4 Å². The molecule has 0 atom stereocenters. The number of para-hydroxylation sites is 4. The van der Waals surface area contributed by atoms with Gasteiger partial charge in [-0.05, 0) is 131 Å². The van der Waals surface area contributed by atoms with Crippen LogP contribution in [-0.2, 0) is 0 Å². The molecule has 0 amide bonds. The number of anilines is 10. The second-order valence-electron chi connectivity index (χ2n) is 14.6. The highest BCUT2D eigenvalue weighted by Gasteiger charge is 2.13.